The van der Waals surface area contributed by atoms with Gasteiger partial charge < -0.3 is 15.3 Å². The van der Waals surface area contributed by atoms with E-state index in [1.165, 1.54) is 12.1 Å². The van der Waals surface area contributed by atoms with E-state index < -0.39 is 39.9 Å². The standard InChI is InChI=1S/C18H27FN4O4S/c1-12(2)5-6-20-13-4-3-7-22(10-13)14-8-15(19)18(16(24)9-14)23-11-17(25)21-28(23,26)27/h8-9,12-13,20,24H,3-7,10-11H2,1-2H3,(H,21,25). The highest BCUT2D eigenvalue weighted by molar-refractivity contribution is 7.92. The van der Waals surface area contributed by atoms with Crippen LogP contribution in [0.1, 0.15) is 33.1 Å². The Morgan fingerprint density at radius 1 is 1.39 bits per heavy atom. The fourth-order valence-corrected chi connectivity index (χ4v) is 4.77. The summed E-state index contributed by atoms with van der Waals surface area (Å²) < 4.78 is 41.0. The molecule has 0 bridgehead atoms. The third kappa shape index (κ3) is 4.49. The van der Waals surface area contributed by atoms with Gasteiger partial charge in [-0.05, 0) is 37.8 Å². The quantitative estimate of drug-likeness (QED) is 0.649. The molecule has 2 heterocycles. The van der Waals surface area contributed by atoms with Crippen molar-refractivity contribution < 1.29 is 22.7 Å². The monoisotopic (exact) mass is 414 g/mol. The van der Waals surface area contributed by atoms with Gasteiger partial charge in [-0.1, -0.05) is 13.8 Å². The van der Waals surface area contributed by atoms with E-state index in [1.54, 1.807) is 4.72 Å². The summed E-state index contributed by atoms with van der Waals surface area (Å²) in [4.78, 5) is 13.4. The van der Waals surface area contributed by atoms with Crippen molar-refractivity contribution in [1.82, 2.24) is 10.0 Å². The summed E-state index contributed by atoms with van der Waals surface area (Å²) in [5.74, 6) is -1.54. The van der Waals surface area contributed by atoms with Crippen molar-refractivity contribution in [2.75, 3.05) is 35.4 Å². The average molecular weight is 415 g/mol. The number of benzene rings is 1. The molecule has 3 rings (SSSR count). The summed E-state index contributed by atoms with van der Waals surface area (Å²) in [5.41, 5.74) is -0.0179. The molecule has 0 aliphatic carbocycles. The number of nitrogens with zero attached hydrogens (tertiary/aromatic N) is 2. The maximum absolute atomic E-state index is 14.7. The molecule has 10 heteroatoms. The number of carbonyl (C=O) groups excluding carboxylic acids is 1. The number of aromatic hydroxyl groups is 1. The number of phenols is 1. The normalized spacial score (nSPS) is 22.0. The van der Waals surface area contributed by atoms with Crippen molar-refractivity contribution in [2.24, 2.45) is 5.92 Å². The van der Waals surface area contributed by atoms with Crippen LogP contribution in [-0.4, -0.2) is 51.7 Å². The molecular weight excluding hydrogens is 387 g/mol. The zero-order valence-corrected chi connectivity index (χ0v) is 16.9. The number of rotatable bonds is 6. The number of nitrogens with one attached hydrogen (secondary N) is 2. The van der Waals surface area contributed by atoms with Crippen molar-refractivity contribution in [1.29, 1.82) is 0 Å². The molecule has 1 aromatic rings. The Hall–Kier alpha value is -2.07. The minimum atomic E-state index is -4.19. The summed E-state index contributed by atoms with van der Waals surface area (Å²) in [5, 5.41) is 13.8. The molecule has 156 valence electrons. The molecule has 1 unspecified atom stereocenters. The predicted octanol–water partition coefficient (Wildman–Crippen LogP) is 1.32. The number of halogens is 1. The van der Waals surface area contributed by atoms with Gasteiger partial charge in [0.05, 0.1) is 0 Å². The van der Waals surface area contributed by atoms with Gasteiger partial charge in [-0.3, -0.25) is 4.79 Å². The van der Waals surface area contributed by atoms with Crippen LogP contribution >= 0.6 is 0 Å². The molecule has 2 aliphatic heterocycles. The van der Waals surface area contributed by atoms with E-state index in [0.717, 1.165) is 32.4 Å². The van der Waals surface area contributed by atoms with Crippen LogP contribution in [0.5, 0.6) is 5.75 Å². The highest BCUT2D eigenvalue weighted by atomic mass is 32.2. The lowest BCUT2D eigenvalue weighted by Crippen LogP contribution is -2.46. The van der Waals surface area contributed by atoms with Crippen LogP contribution in [0.3, 0.4) is 0 Å². The average Bonchev–Trinajstić information content (AvgIpc) is 2.86. The molecule has 8 nitrogen and oxygen atoms in total. The van der Waals surface area contributed by atoms with Crippen molar-refractivity contribution in [3.63, 3.8) is 0 Å². The lowest BCUT2D eigenvalue weighted by atomic mass is 10.0. The van der Waals surface area contributed by atoms with E-state index in [4.69, 9.17) is 0 Å². The van der Waals surface area contributed by atoms with Gasteiger partial charge in [0.2, 0.25) is 0 Å². The Labute approximate surface area is 164 Å². The van der Waals surface area contributed by atoms with Crippen molar-refractivity contribution in [2.45, 2.75) is 39.2 Å². The van der Waals surface area contributed by atoms with E-state index >= 15 is 0 Å². The molecule has 0 spiro atoms. The lowest BCUT2D eigenvalue weighted by molar-refractivity contribution is -0.117. The molecule has 2 saturated heterocycles. The molecule has 28 heavy (non-hydrogen) atoms. The summed E-state index contributed by atoms with van der Waals surface area (Å²) >= 11 is 0. The molecule has 0 radical (unpaired) electrons. The summed E-state index contributed by atoms with van der Waals surface area (Å²) in [6.07, 6.45) is 3.04. The molecule has 1 aromatic carbocycles. The van der Waals surface area contributed by atoms with Crippen LogP contribution in [0.4, 0.5) is 15.8 Å². The van der Waals surface area contributed by atoms with Gasteiger partial charge in [-0.15, -0.1) is 0 Å². The highest BCUT2D eigenvalue weighted by Gasteiger charge is 2.37. The number of carbonyl (C=O) groups is 1. The highest BCUT2D eigenvalue weighted by Crippen LogP contribution is 2.37. The smallest absolute Gasteiger partial charge is 0.326 e. The molecule has 1 atom stereocenters. The summed E-state index contributed by atoms with van der Waals surface area (Å²) in [7, 11) is -4.19. The van der Waals surface area contributed by atoms with Crippen LogP contribution in [0.15, 0.2) is 12.1 Å². The largest absolute Gasteiger partial charge is 0.506 e. The van der Waals surface area contributed by atoms with Crippen LogP contribution in [0, 0.1) is 11.7 Å². The first-order valence-electron chi connectivity index (χ1n) is 9.51. The van der Waals surface area contributed by atoms with E-state index in [2.05, 4.69) is 19.2 Å². The first kappa shape index (κ1) is 20.7. The van der Waals surface area contributed by atoms with Gasteiger partial charge in [0.25, 0.3) is 5.91 Å². The number of piperidine rings is 1. The summed E-state index contributed by atoms with van der Waals surface area (Å²) in [6.45, 7) is 6.11. The number of hydrogen-bond donors (Lipinski definition) is 3. The minimum Gasteiger partial charge on any atom is -0.506 e. The molecule has 2 aliphatic rings. The van der Waals surface area contributed by atoms with Gasteiger partial charge >= 0.3 is 10.2 Å². The zero-order valence-electron chi connectivity index (χ0n) is 16.1. The van der Waals surface area contributed by atoms with Gasteiger partial charge in [-0.25, -0.2) is 13.4 Å². The Morgan fingerprint density at radius 2 is 2.14 bits per heavy atom. The molecule has 2 fully saturated rings. The topological polar surface area (TPSA) is 102 Å². The van der Waals surface area contributed by atoms with Gasteiger partial charge in [-0.2, -0.15) is 8.42 Å². The number of phenolic OH excluding ortho intramolecular Hbond substituents is 1. The molecule has 1 amide bonds. The Kier molecular flexibility index (Phi) is 5.99. The third-order valence-electron chi connectivity index (χ3n) is 5.04. The maximum atomic E-state index is 14.7. The second kappa shape index (κ2) is 8.12. The lowest BCUT2D eigenvalue weighted by Gasteiger charge is -2.35. The van der Waals surface area contributed by atoms with Crippen LogP contribution in [0.25, 0.3) is 0 Å². The third-order valence-corrected chi connectivity index (χ3v) is 6.42. The van der Waals surface area contributed by atoms with Gasteiger partial charge in [0.15, 0.2) is 5.82 Å². The number of amides is 1. The van der Waals surface area contributed by atoms with E-state index in [9.17, 15) is 22.7 Å². The fraction of sp³-hybridized carbons (Fsp3) is 0.611. The van der Waals surface area contributed by atoms with E-state index in [1.807, 2.05) is 4.90 Å². The van der Waals surface area contributed by atoms with Crippen LogP contribution in [0.2, 0.25) is 0 Å². The second-order valence-corrected chi connectivity index (χ2v) is 9.35. The Morgan fingerprint density at radius 3 is 2.75 bits per heavy atom. The molecule has 3 N–H and O–H groups in total. The fourth-order valence-electron chi connectivity index (χ4n) is 3.60. The summed E-state index contributed by atoms with van der Waals surface area (Å²) in [6, 6.07) is 2.84. The van der Waals surface area contributed by atoms with E-state index in [-0.39, 0.29) is 6.04 Å². The first-order chi connectivity index (χ1) is 13.2. The van der Waals surface area contributed by atoms with E-state index in [0.29, 0.717) is 22.5 Å². The maximum Gasteiger partial charge on any atom is 0.326 e. The predicted molar refractivity (Wildman–Crippen MR) is 105 cm³/mol. The number of anilines is 2. The molecular formula is C18H27FN4O4S. The van der Waals surface area contributed by atoms with Crippen molar-refractivity contribution in [3.05, 3.63) is 17.9 Å². The van der Waals surface area contributed by atoms with Crippen molar-refractivity contribution in [3.8, 4) is 5.75 Å². The zero-order chi connectivity index (χ0) is 20.5. The molecule has 0 aromatic heterocycles. The Bertz CT molecular complexity index is 823. The second-order valence-electron chi connectivity index (χ2n) is 7.75. The van der Waals surface area contributed by atoms with Gasteiger partial charge in [0, 0.05) is 30.9 Å². The minimum absolute atomic E-state index is 0.276. The van der Waals surface area contributed by atoms with Crippen molar-refractivity contribution >= 4 is 27.5 Å². The van der Waals surface area contributed by atoms with Crippen LogP contribution < -0.4 is 19.2 Å². The first-order valence-corrected chi connectivity index (χ1v) is 11.0. The SMILES string of the molecule is CC(C)CCNC1CCCN(c2cc(O)c(N3CC(=O)NS3(=O)=O)c(F)c2)C1. The molecule has 0 saturated carbocycles. The van der Waals surface area contributed by atoms with Crippen LogP contribution in [-0.2, 0) is 15.0 Å². The Balaban J connectivity index is 1.76. The van der Waals surface area contributed by atoms with Gasteiger partial charge in [0.1, 0.15) is 18.0 Å². The number of hydrogen-bond acceptors (Lipinski definition) is 6.